The second-order valence-electron chi connectivity index (χ2n) is 4.46. The van der Waals surface area contributed by atoms with E-state index in [4.69, 9.17) is 11.6 Å². The van der Waals surface area contributed by atoms with Crippen molar-refractivity contribution in [2.45, 2.75) is 6.54 Å². The number of rotatable bonds is 5. The molecule has 0 saturated carbocycles. The highest BCUT2D eigenvalue weighted by Gasteiger charge is 2.15. The molecule has 0 saturated heterocycles. The number of thiophene rings is 1. The van der Waals surface area contributed by atoms with Crippen LogP contribution in [-0.4, -0.2) is 24.3 Å². The maximum Gasteiger partial charge on any atom is 0.178 e. The SMILES string of the molecule is CN(CC(=O)c1cc(Br)sc1Br)Cc1ccc(Cl)cc1. The first-order valence-electron chi connectivity index (χ1n) is 5.86. The Bertz CT molecular complexity index is 612. The van der Waals surface area contributed by atoms with E-state index in [1.165, 1.54) is 11.3 Å². The summed E-state index contributed by atoms with van der Waals surface area (Å²) >= 11 is 14.2. The van der Waals surface area contributed by atoms with E-state index in [2.05, 4.69) is 31.9 Å². The number of ketones is 1. The second-order valence-corrected chi connectivity index (χ2v) is 8.65. The number of nitrogens with zero attached hydrogens (tertiary/aromatic N) is 1. The summed E-state index contributed by atoms with van der Waals surface area (Å²) in [6.45, 7) is 1.09. The molecular formula is C14H12Br2ClNOS. The lowest BCUT2D eigenvalue weighted by Gasteiger charge is -2.15. The van der Waals surface area contributed by atoms with E-state index in [-0.39, 0.29) is 5.78 Å². The second kappa shape index (κ2) is 7.18. The fourth-order valence-corrected chi connectivity index (χ4v) is 4.80. The molecule has 0 bridgehead atoms. The van der Waals surface area contributed by atoms with Crippen LogP contribution in [0.5, 0.6) is 0 Å². The normalized spacial score (nSPS) is 11.1. The van der Waals surface area contributed by atoms with Crippen LogP contribution in [0.1, 0.15) is 15.9 Å². The van der Waals surface area contributed by atoms with E-state index in [1.807, 2.05) is 42.3 Å². The van der Waals surface area contributed by atoms with E-state index in [1.54, 1.807) is 0 Å². The van der Waals surface area contributed by atoms with Crippen molar-refractivity contribution >= 4 is 60.6 Å². The summed E-state index contributed by atoms with van der Waals surface area (Å²) in [5.74, 6) is 0.107. The molecule has 0 amide bonds. The number of hydrogen-bond donors (Lipinski definition) is 0. The van der Waals surface area contributed by atoms with Gasteiger partial charge in [-0.25, -0.2) is 0 Å². The summed E-state index contributed by atoms with van der Waals surface area (Å²) in [5, 5.41) is 0.722. The molecule has 20 heavy (non-hydrogen) atoms. The van der Waals surface area contributed by atoms with Crippen molar-refractivity contribution in [3.8, 4) is 0 Å². The highest BCUT2D eigenvalue weighted by Crippen LogP contribution is 2.32. The fraction of sp³-hybridized carbons (Fsp3) is 0.214. The summed E-state index contributed by atoms with van der Waals surface area (Å²) in [6, 6.07) is 9.52. The van der Waals surface area contributed by atoms with Gasteiger partial charge in [-0.3, -0.25) is 9.69 Å². The first kappa shape index (κ1) is 16.2. The molecule has 0 aliphatic heterocycles. The third-order valence-electron chi connectivity index (χ3n) is 2.74. The van der Waals surface area contributed by atoms with Gasteiger partial charge < -0.3 is 0 Å². The predicted molar refractivity (Wildman–Crippen MR) is 91.8 cm³/mol. The third kappa shape index (κ3) is 4.40. The molecule has 2 nitrogen and oxygen atoms in total. The monoisotopic (exact) mass is 435 g/mol. The summed E-state index contributed by atoms with van der Waals surface area (Å²) in [6.07, 6.45) is 0. The zero-order chi connectivity index (χ0) is 14.7. The Hall–Kier alpha value is -0.200. The Labute approximate surface area is 144 Å². The first-order chi connectivity index (χ1) is 9.45. The predicted octanol–water partition coefficient (Wildman–Crippen LogP) is 5.24. The van der Waals surface area contributed by atoms with Crippen LogP contribution >= 0.6 is 54.8 Å². The summed E-state index contributed by atoms with van der Waals surface area (Å²) in [4.78, 5) is 14.2. The van der Waals surface area contributed by atoms with Gasteiger partial charge >= 0.3 is 0 Å². The Kier molecular flexibility index (Phi) is 5.81. The topological polar surface area (TPSA) is 20.3 Å². The number of hydrogen-bond acceptors (Lipinski definition) is 3. The zero-order valence-corrected chi connectivity index (χ0v) is 15.4. The zero-order valence-electron chi connectivity index (χ0n) is 10.7. The quantitative estimate of drug-likeness (QED) is 0.596. The molecule has 1 aromatic heterocycles. The number of likely N-dealkylation sites (N-methyl/N-ethyl adjacent to an activating group) is 1. The number of Topliss-reactive ketones (excluding diaryl/α,β-unsaturated/α-hetero) is 1. The lowest BCUT2D eigenvalue weighted by Crippen LogP contribution is -2.25. The summed E-state index contributed by atoms with van der Waals surface area (Å²) in [5.41, 5.74) is 1.86. The Morgan fingerprint density at radius 2 is 1.95 bits per heavy atom. The first-order valence-corrected chi connectivity index (χ1v) is 8.65. The Morgan fingerprint density at radius 3 is 2.50 bits per heavy atom. The van der Waals surface area contributed by atoms with Crippen molar-refractivity contribution in [2.75, 3.05) is 13.6 Å². The molecule has 0 atom stereocenters. The standard InChI is InChI=1S/C14H12Br2ClNOS/c1-18(7-9-2-4-10(17)5-3-9)8-12(19)11-6-13(15)20-14(11)16/h2-6H,7-8H2,1H3. The minimum atomic E-state index is 0.107. The molecule has 0 N–H and O–H groups in total. The van der Waals surface area contributed by atoms with Gasteiger partial charge in [-0.2, -0.15) is 0 Å². The molecule has 0 unspecified atom stereocenters. The van der Waals surface area contributed by atoms with Gasteiger partial charge in [0, 0.05) is 17.1 Å². The smallest absolute Gasteiger partial charge is 0.178 e. The van der Waals surface area contributed by atoms with Gasteiger partial charge in [0.15, 0.2) is 5.78 Å². The van der Waals surface area contributed by atoms with E-state index in [0.717, 1.165) is 23.7 Å². The number of benzene rings is 1. The molecule has 0 aliphatic rings. The van der Waals surface area contributed by atoms with Gasteiger partial charge in [0.05, 0.1) is 14.1 Å². The molecule has 1 heterocycles. The lowest BCUT2D eigenvalue weighted by atomic mass is 10.2. The molecule has 0 radical (unpaired) electrons. The number of carbonyl (C=O) groups excluding carboxylic acids is 1. The minimum absolute atomic E-state index is 0.107. The van der Waals surface area contributed by atoms with Crippen molar-refractivity contribution in [1.29, 1.82) is 0 Å². The van der Waals surface area contributed by atoms with E-state index >= 15 is 0 Å². The number of halogens is 3. The van der Waals surface area contributed by atoms with Gasteiger partial charge in [0.1, 0.15) is 0 Å². The summed E-state index contributed by atoms with van der Waals surface area (Å²) < 4.78 is 1.82. The fourth-order valence-electron chi connectivity index (χ4n) is 1.82. The van der Waals surface area contributed by atoms with E-state index in [9.17, 15) is 4.79 Å². The van der Waals surface area contributed by atoms with Crippen LogP contribution < -0.4 is 0 Å². The van der Waals surface area contributed by atoms with Crippen LogP contribution in [0.3, 0.4) is 0 Å². The molecule has 6 heteroatoms. The van der Waals surface area contributed by atoms with Crippen molar-refractivity contribution in [1.82, 2.24) is 4.90 Å². The van der Waals surface area contributed by atoms with Gasteiger partial charge in [-0.15, -0.1) is 11.3 Å². The van der Waals surface area contributed by atoms with Gasteiger partial charge in [-0.05, 0) is 62.7 Å². The molecule has 0 spiro atoms. The average molecular weight is 438 g/mol. The van der Waals surface area contributed by atoms with Crippen molar-refractivity contribution < 1.29 is 4.79 Å². The van der Waals surface area contributed by atoms with Gasteiger partial charge in [0.2, 0.25) is 0 Å². The molecule has 0 aliphatic carbocycles. The van der Waals surface area contributed by atoms with Crippen LogP contribution in [0.15, 0.2) is 37.9 Å². The van der Waals surface area contributed by atoms with Gasteiger partial charge in [-0.1, -0.05) is 23.7 Å². The van der Waals surface area contributed by atoms with Crippen molar-refractivity contribution in [2.24, 2.45) is 0 Å². The summed E-state index contributed by atoms with van der Waals surface area (Å²) in [7, 11) is 1.93. The van der Waals surface area contributed by atoms with E-state index in [0.29, 0.717) is 13.1 Å². The van der Waals surface area contributed by atoms with Crippen LogP contribution in [0.2, 0.25) is 5.02 Å². The Balaban J connectivity index is 1.97. The van der Waals surface area contributed by atoms with Crippen LogP contribution in [0.4, 0.5) is 0 Å². The maximum absolute atomic E-state index is 12.2. The van der Waals surface area contributed by atoms with Crippen LogP contribution in [0.25, 0.3) is 0 Å². The van der Waals surface area contributed by atoms with Crippen molar-refractivity contribution in [3.63, 3.8) is 0 Å². The Morgan fingerprint density at radius 1 is 1.30 bits per heavy atom. The average Bonchev–Trinajstić information content (AvgIpc) is 2.71. The largest absolute Gasteiger partial charge is 0.295 e. The highest BCUT2D eigenvalue weighted by molar-refractivity contribution is 9.12. The molecular weight excluding hydrogens is 425 g/mol. The van der Waals surface area contributed by atoms with E-state index < -0.39 is 0 Å². The highest BCUT2D eigenvalue weighted by atomic mass is 79.9. The molecule has 106 valence electrons. The minimum Gasteiger partial charge on any atom is -0.295 e. The molecule has 1 aromatic carbocycles. The van der Waals surface area contributed by atoms with Crippen LogP contribution in [-0.2, 0) is 6.54 Å². The van der Waals surface area contributed by atoms with Crippen LogP contribution in [0, 0.1) is 0 Å². The molecule has 0 fully saturated rings. The maximum atomic E-state index is 12.2. The molecule has 2 aromatic rings. The van der Waals surface area contributed by atoms with Crippen molar-refractivity contribution in [3.05, 3.63) is 54.1 Å². The van der Waals surface area contributed by atoms with Gasteiger partial charge in [0.25, 0.3) is 0 Å². The lowest BCUT2D eigenvalue weighted by molar-refractivity contribution is 0.0943. The third-order valence-corrected chi connectivity index (χ3v) is 5.33. The molecule has 2 rings (SSSR count). The number of carbonyl (C=O) groups is 1.